The number of rotatable bonds is 1. The van der Waals surface area contributed by atoms with Crippen molar-refractivity contribution in [3.8, 4) is 0 Å². The molecule has 2 unspecified atom stereocenters. The molecule has 0 radical (unpaired) electrons. The lowest BCUT2D eigenvalue weighted by Crippen LogP contribution is -2.44. The smallest absolute Gasteiger partial charge is 0.255 e. The third-order valence-corrected chi connectivity index (χ3v) is 4.82. The fraction of sp³-hybridized carbons (Fsp3) is 0.562. The average molecular weight is 276 g/mol. The Kier molecular flexibility index (Phi) is 3.64. The van der Waals surface area contributed by atoms with Crippen molar-refractivity contribution in [2.75, 3.05) is 18.8 Å². The van der Waals surface area contributed by atoms with E-state index in [0.29, 0.717) is 11.5 Å². The highest BCUT2D eigenvalue weighted by Gasteiger charge is 2.33. The van der Waals surface area contributed by atoms with Gasteiger partial charge in [-0.3, -0.25) is 4.79 Å². The first-order valence-corrected chi connectivity index (χ1v) is 7.49. The van der Waals surface area contributed by atoms with Crippen LogP contribution in [0.3, 0.4) is 0 Å². The summed E-state index contributed by atoms with van der Waals surface area (Å²) in [5, 5.41) is 0. The number of benzene rings is 1. The fourth-order valence-corrected chi connectivity index (χ4v) is 3.68. The fourth-order valence-electron chi connectivity index (χ4n) is 3.68. The second kappa shape index (κ2) is 5.43. The van der Waals surface area contributed by atoms with Gasteiger partial charge in [0, 0.05) is 18.8 Å². The van der Waals surface area contributed by atoms with Crippen LogP contribution in [0.4, 0.5) is 10.1 Å². The molecular weight excluding hydrogens is 255 g/mol. The van der Waals surface area contributed by atoms with Crippen LogP contribution in [-0.2, 0) is 0 Å². The van der Waals surface area contributed by atoms with Crippen molar-refractivity contribution in [2.24, 2.45) is 11.8 Å². The number of hydrogen-bond donors (Lipinski definition) is 1. The van der Waals surface area contributed by atoms with E-state index in [2.05, 4.69) is 0 Å². The molecule has 20 heavy (non-hydrogen) atoms. The van der Waals surface area contributed by atoms with Gasteiger partial charge in [0.1, 0.15) is 5.82 Å². The largest absolute Gasteiger partial charge is 0.398 e. The van der Waals surface area contributed by atoms with Crippen molar-refractivity contribution in [3.63, 3.8) is 0 Å². The Morgan fingerprint density at radius 3 is 2.70 bits per heavy atom. The maximum absolute atomic E-state index is 13.1. The molecule has 1 amide bonds. The number of piperidine rings is 1. The summed E-state index contributed by atoms with van der Waals surface area (Å²) < 4.78 is 13.1. The zero-order valence-electron chi connectivity index (χ0n) is 11.6. The van der Waals surface area contributed by atoms with Gasteiger partial charge in [0.25, 0.3) is 5.91 Å². The molecule has 1 heterocycles. The number of carbonyl (C=O) groups is 1. The van der Waals surface area contributed by atoms with Gasteiger partial charge in [-0.1, -0.05) is 19.3 Å². The molecule has 3 nitrogen and oxygen atoms in total. The number of carbonyl (C=O) groups excluding carboxylic acids is 1. The SMILES string of the molecule is Nc1cc(F)ccc1C(=O)N1CCC2CCCCC2C1. The minimum atomic E-state index is -0.398. The predicted molar refractivity (Wildman–Crippen MR) is 76.8 cm³/mol. The van der Waals surface area contributed by atoms with E-state index in [4.69, 9.17) is 5.73 Å². The van der Waals surface area contributed by atoms with E-state index >= 15 is 0 Å². The van der Waals surface area contributed by atoms with Crippen LogP contribution in [0.2, 0.25) is 0 Å². The molecule has 0 aromatic heterocycles. The minimum Gasteiger partial charge on any atom is -0.398 e. The van der Waals surface area contributed by atoms with E-state index < -0.39 is 5.82 Å². The van der Waals surface area contributed by atoms with Gasteiger partial charge >= 0.3 is 0 Å². The lowest BCUT2D eigenvalue weighted by atomic mass is 9.75. The molecule has 0 spiro atoms. The number of nitrogens with zero attached hydrogens (tertiary/aromatic N) is 1. The normalized spacial score (nSPS) is 26.1. The van der Waals surface area contributed by atoms with Crippen LogP contribution in [0.25, 0.3) is 0 Å². The molecule has 2 N–H and O–H groups in total. The van der Waals surface area contributed by atoms with Gasteiger partial charge in [-0.15, -0.1) is 0 Å². The van der Waals surface area contributed by atoms with Gasteiger partial charge in [0.2, 0.25) is 0 Å². The Morgan fingerprint density at radius 1 is 1.20 bits per heavy atom. The molecule has 0 bridgehead atoms. The molecule has 4 heteroatoms. The van der Waals surface area contributed by atoms with Crippen LogP contribution < -0.4 is 5.73 Å². The lowest BCUT2D eigenvalue weighted by molar-refractivity contribution is 0.0522. The molecular formula is C16H21FN2O. The summed E-state index contributed by atoms with van der Waals surface area (Å²) in [7, 11) is 0. The molecule has 1 aromatic rings. The van der Waals surface area contributed by atoms with E-state index in [1.807, 2.05) is 4.90 Å². The molecule has 2 aliphatic rings. The predicted octanol–water partition coefficient (Wildman–Crippen LogP) is 3.06. The van der Waals surface area contributed by atoms with E-state index in [-0.39, 0.29) is 11.6 Å². The monoisotopic (exact) mass is 276 g/mol. The van der Waals surface area contributed by atoms with E-state index in [1.165, 1.54) is 43.9 Å². The Hall–Kier alpha value is -1.58. The van der Waals surface area contributed by atoms with Gasteiger partial charge in [-0.25, -0.2) is 4.39 Å². The summed E-state index contributed by atoms with van der Waals surface area (Å²) in [6, 6.07) is 4.03. The minimum absolute atomic E-state index is 0.0495. The molecule has 1 saturated carbocycles. The second-order valence-electron chi connectivity index (χ2n) is 6.08. The molecule has 3 rings (SSSR count). The number of hydrogen-bond acceptors (Lipinski definition) is 2. The van der Waals surface area contributed by atoms with Crippen molar-refractivity contribution < 1.29 is 9.18 Å². The van der Waals surface area contributed by atoms with E-state index in [9.17, 15) is 9.18 Å². The van der Waals surface area contributed by atoms with Crippen molar-refractivity contribution in [2.45, 2.75) is 32.1 Å². The van der Waals surface area contributed by atoms with Crippen LogP contribution in [-0.4, -0.2) is 23.9 Å². The summed E-state index contributed by atoms with van der Waals surface area (Å²) in [6.07, 6.45) is 6.25. The van der Waals surface area contributed by atoms with Crippen LogP contribution in [0.15, 0.2) is 18.2 Å². The van der Waals surface area contributed by atoms with E-state index in [0.717, 1.165) is 25.4 Å². The maximum Gasteiger partial charge on any atom is 0.255 e. The second-order valence-corrected chi connectivity index (χ2v) is 6.08. The number of amides is 1. The van der Waals surface area contributed by atoms with E-state index in [1.54, 1.807) is 0 Å². The highest BCUT2D eigenvalue weighted by atomic mass is 19.1. The Morgan fingerprint density at radius 2 is 1.95 bits per heavy atom. The molecule has 1 aromatic carbocycles. The van der Waals surface area contributed by atoms with Gasteiger partial charge in [0.05, 0.1) is 5.56 Å². The Balaban J connectivity index is 1.74. The summed E-state index contributed by atoms with van der Waals surface area (Å²) in [5.41, 5.74) is 6.44. The van der Waals surface area contributed by atoms with Crippen LogP contribution in [0.5, 0.6) is 0 Å². The number of nitrogen functional groups attached to an aromatic ring is 1. The maximum atomic E-state index is 13.1. The van der Waals surface area contributed by atoms with Crippen molar-refractivity contribution in [1.82, 2.24) is 4.90 Å². The molecule has 1 aliphatic carbocycles. The van der Waals surface area contributed by atoms with Gasteiger partial charge < -0.3 is 10.6 Å². The van der Waals surface area contributed by atoms with Gasteiger partial charge in [0.15, 0.2) is 0 Å². The number of halogens is 1. The van der Waals surface area contributed by atoms with Crippen molar-refractivity contribution in [3.05, 3.63) is 29.6 Å². The summed E-state index contributed by atoms with van der Waals surface area (Å²) in [6.45, 7) is 1.64. The lowest BCUT2D eigenvalue weighted by Gasteiger charge is -2.41. The Bertz CT molecular complexity index is 517. The van der Waals surface area contributed by atoms with Crippen LogP contribution >= 0.6 is 0 Å². The molecule has 108 valence electrons. The van der Waals surface area contributed by atoms with Crippen molar-refractivity contribution in [1.29, 1.82) is 0 Å². The van der Waals surface area contributed by atoms with Gasteiger partial charge in [-0.05, 0) is 42.9 Å². The molecule has 1 aliphatic heterocycles. The summed E-state index contributed by atoms with van der Waals surface area (Å²) in [5.74, 6) is 0.984. The highest BCUT2D eigenvalue weighted by molar-refractivity contribution is 5.99. The van der Waals surface area contributed by atoms with Gasteiger partial charge in [-0.2, -0.15) is 0 Å². The summed E-state index contributed by atoms with van der Waals surface area (Å²) >= 11 is 0. The van der Waals surface area contributed by atoms with Crippen LogP contribution in [0.1, 0.15) is 42.5 Å². The highest BCUT2D eigenvalue weighted by Crippen LogP contribution is 2.36. The Labute approximate surface area is 118 Å². The zero-order valence-corrected chi connectivity index (χ0v) is 11.6. The topological polar surface area (TPSA) is 46.3 Å². The number of nitrogens with two attached hydrogens (primary N) is 1. The third-order valence-electron chi connectivity index (χ3n) is 4.82. The number of anilines is 1. The third kappa shape index (κ3) is 2.51. The first-order chi connectivity index (χ1) is 9.65. The number of likely N-dealkylation sites (tertiary alicyclic amines) is 1. The standard InChI is InChI=1S/C16H21FN2O/c17-13-5-6-14(15(18)9-13)16(20)19-8-7-11-3-1-2-4-12(11)10-19/h5-6,9,11-12H,1-4,7-8,10,18H2. The average Bonchev–Trinajstić information content (AvgIpc) is 2.46. The molecule has 2 atom stereocenters. The molecule has 2 fully saturated rings. The van der Waals surface area contributed by atoms with Crippen molar-refractivity contribution >= 4 is 11.6 Å². The quantitative estimate of drug-likeness (QED) is 0.801. The number of fused-ring (bicyclic) bond motifs is 1. The first-order valence-electron chi connectivity index (χ1n) is 7.49. The molecule has 1 saturated heterocycles. The first kappa shape index (κ1) is 13.4. The zero-order chi connectivity index (χ0) is 14.1. The van der Waals surface area contributed by atoms with Crippen LogP contribution in [0, 0.1) is 17.7 Å². The summed E-state index contributed by atoms with van der Waals surface area (Å²) in [4.78, 5) is 14.4.